The summed E-state index contributed by atoms with van der Waals surface area (Å²) in [7, 11) is 0. The van der Waals surface area contributed by atoms with Gasteiger partial charge in [0.25, 0.3) is 0 Å². The van der Waals surface area contributed by atoms with E-state index in [1.807, 2.05) is 27.7 Å². The van der Waals surface area contributed by atoms with Gasteiger partial charge in [-0.2, -0.15) is 10.2 Å². The van der Waals surface area contributed by atoms with Crippen molar-refractivity contribution in [1.29, 1.82) is 0 Å². The number of rotatable bonds is 5. The molecular formula is C12H22N4O2. The zero-order chi connectivity index (χ0) is 14.4. The van der Waals surface area contributed by atoms with Crippen molar-refractivity contribution in [3.63, 3.8) is 0 Å². The van der Waals surface area contributed by atoms with Crippen LogP contribution in [-0.2, 0) is 9.59 Å². The van der Waals surface area contributed by atoms with Crippen LogP contribution in [0.2, 0.25) is 0 Å². The van der Waals surface area contributed by atoms with E-state index in [1.165, 1.54) is 13.8 Å². The first-order valence-electron chi connectivity index (χ1n) is 5.70. The fourth-order valence-corrected chi connectivity index (χ4v) is 0.902. The number of amides is 2. The van der Waals surface area contributed by atoms with E-state index in [4.69, 9.17) is 0 Å². The summed E-state index contributed by atoms with van der Waals surface area (Å²) in [6.07, 6.45) is 3.32. The molecule has 0 radical (unpaired) electrons. The quantitative estimate of drug-likeness (QED) is 0.572. The molecule has 0 bridgehead atoms. The van der Waals surface area contributed by atoms with Crippen molar-refractivity contribution in [3.05, 3.63) is 0 Å². The average molecular weight is 254 g/mol. The van der Waals surface area contributed by atoms with Crippen LogP contribution in [0.5, 0.6) is 0 Å². The van der Waals surface area contributed by atoms with E-state index in [2.05, 4.69) is 21.1 Å². The Labute approximate surface area is 108 Å². The Hall–Kier alpha value is -1.72. The van der Waals surface area contributed by atoms with E-state index in [-0.39, 0.29) is 22.6 Å². The molecule has 0 aromatic heterocycles. The first kappa shape index (κ1) is 16.3. The van der Waals surface area contributed by atoms with Gasteiger partial charge in [0.15, 0.2) is 0 Å². The fraction of sp³-hybridized carbons (Fsp3) is 0.667. The second-order valence-electron chi connectivity index (χ2n) is 5.30. The van der Waals surface area contributed by atoms with Crippen molar-refractivity contribution in [2.45, 2.75) is 41.5 Å². The summed E-state index contributed by atoms with van der Waals surface area (Å²) in [5.41, 5.74) is 4.06. The topological polar surface area (TPSA) is 82.9 Å². The maximum atomic E-state index is 10.7. The number of carbonyl (C=O) groups is 2. The Balaban J connectivity index is 4.73. The molecule has 0 aliphatic carbocycles. The molecule has 0 atom stereocenters. The maximum absolute atomic E-state index is 10.7. The Bertz CT molecular complexity index is 334. The van der Waals surface area contributed by atoms with Crippen LogP contribution in [0.25, 0.3) is 0 Å². The van der Waals surface area contributed by atoms with E-state index < -0.39 is 0 Å². The zero-order valence-corrected chi connectivity index (χ0v) is 11.9. The highest BCUT2D eigenvalue weighted by Crippen LogP contribution is 2.34. The molecule has 2 amide bonds. The fourth-order valence-electron chi connectivity index (χ4n) is 0.902. The molecule has 0 unspecified atom stereocenters. The predicted octanol–water partition coefficient (Wildman–Crippen LogP) is 1.28. The van der Waals surface area contributed by atoms with Crippen LogP contribution in [0.1, 0.15) is 41.5 Å². The lowest BCUT2D eigenvalue weighted by Gasteiger charge is -2.35. The third-order valence-corrected chi connectivity index (χ3v) is 2.88. The van der Waals surface area contributed by atoms with Crippen LogP contribution in [0.3, 0.4) is 0 Å². The number of hydrazone groups is 2. The molecule has 18 heavy (non-hydrogen) atoms. The van der Waals surface area contributed by atoms with Crippen LogP contribution in [0.4, 0.5) is 0 Å². The highest BCUT2D eigenvalue weighted by Gasteiger charge is 2.34. The first-order chi connectivity index (χ1) is 8.08. The maximum Gasteiger partial charge on any atom is 0.236 e. The second-order valence-corrected chi connectivity index (χ2v) is 5.30. The minimum absolute atomic E-state index is 0.216. The first-order valence-corrected chi connectivity index (χ1v) is 5.70. The largest absolute Gasteiger partial charge is 0.274 e. The summed E-state index contributed by atoms with van der Waals surface area (Å²) in [6.45, 7) is 10.7. The van der Waals surface area contributed by atoms with E-state index >= 15 is 0 Å². The SMILES string of the molecule is CC(=O)NN=CC(C)(C)C(C)(C)C=NNC(C)=O. The smallest absolute Gasteiger partial charge is 0.236 e. The standard InChI is InChI=1S/C12H22N4O2/c1-9(17)15-13-7-11(3,4)12(5,6)8-14-16-10(2)18/h7-8H,1-6H3,(H,15,17)(H,16,18). The molecule has 0 aliphatic heterocycles. The molecule has 6 nitrogen and oxygen atoms in total. The van der Waals surface area contributed by atoms with Gasteiger partial charge in [-0.15, -0.1) is 0 Å². The van der Waals surface area contributed by atoms with Gasteiger partial charge in [-0.25, -0.2) is 10.9 Å². The van der Waals surface area contributed by atoms with Crippen molar-refractivity contribution in [2.24, 2.45) is 21.0 Å². The Morgan fingerprint density at radius 1 is 0.833 bits per heavy atom. The van der Waals surface area contributed by atoms with Crippen LogP contribution in [-0.4, -0.2) is 24.2 Å². The molecule has 0 rings (SSSR count). The molecule has 0 aromatic rings. The lowest BCUT2D eigenvalue weighted by Crippen LogP contribution is -2.36. The van der Waals surface area contributed by atoms with Crippen molar-refractivity contribution >= 4 is 24.2 Å². The molecule has 6 heteroatoms. The third-order valence-electron chi connectivity index (χ3n) is 2.88. The molecule has 0 spiro atoms. The number of carbonyl (C=O) groups excluding carboxylic acids is 2. The van der Waals surface area contributed by atoms with E-state index in [0.717, 1.165) is 0 Å². The van der Waals surface area contributed by atoms with Gasteiger partial charge in [-0.3, -0.25) is 9.59 Å². The van der Waals surface area contributed by atoms with Gasteiger partial charge in [0.1, 0.15) is 0 Å². The number of hydrogen-bond donors (Lipinski definition) is 2. The van der Waals surface area contributed by atoms with Crippen LogP contribution in [0.15, 0.2) is 10.2 Å². The van der Waals surface area contributed by atoms with Gasteiger partial charge in [0.2, 0.25) is 11.8 Å². The Morgan fingerprint density at radius 3 is 1.33 bits per heavy atom. The summed E-state index contributed by atoms with van der Waals surface area (Å²) in [5, 5.41) is 7.76. The molecule has 0 aliphatic rings. The van der Waals surface area contributed by atoms with Gasteiger partial charge in [0.05, 0.1) is 0 Å². The molecule has 0 heterocycles. The van der Waals surface area contributed by atoms with Crippen molar-refractivity contribution in [3.8, 4) is 0 Å². The van der Waals surface area contributed by atoms with Gasteiger partial charge in [-0.05, 0) is 0 Å². The highest BCUT2D eigenvalue weighted by atomic mass is 16.2. The second kappa shape index (κ2) is 6.28. The average Bonchev–Trinajstić information content (AvgIpc) is 2.15. The molecule has 0 aromatic carbocycles. The Kier molecular flexibility index (Phi) is 5.68. The zero-order valence-electron chi connectivity index (χ0n) is 11.9. The van der Waals surface area contributed by atoms with Crippen LogP contribution in [0, 0.1) is 10.8 Å². The lowest BCUT2D eigenvalue weighted by molar-refractivity contribution is -0.119. The molecule has 102 valence electrons. The summed E-state index contributed by atoms with van der Waals surface area (Å²) < 4.78 is 0. The summed E-state index contributed by atoms with van der Waals surface area (Å²) >= 11 is 0. The monoisotopic (exact) mass is 254 g/mol. The minimum Gasteiger partial charge on any atom is -0.274 e. The van der Waals surface area contributed by atoms with Crippen LogP contribution >= 0.6 is 0 Å². The predicted molar refractivity (Wildman–Crippen MR) is 72.2 cm³/mol. The normalized spacial score (nSPS) is 13.0. The third kappa shape index (κ3) is 5.56. The van der Waals surface area contributed by atoms with Crippen molar-refractivity contribution in [1.82, 2.24) is 10.9 Å². The molecule has 0 saturated heterocycles. The van der Waals surface area contributed by atoms with E-state index in [0.29, 0.717) is 0 Å². The minimum atomic E-state index is -0.336. The van der Waals surface area contributed by atoms with E-state index in [9.17, 15) is 9.59 Å². The van der Waals surface area contributed by atoms with Gasteiger partial charge < -0.3 is 0 Å². The van der Waals surface area contributed by atoms with Crippen molar-refractivity contribution < 1.29 is 9.59 Å². The summed E-state index contributed by atoms with van der Waals surface area (Å²) in [5.74, 6) is -0.432. The molecule has 2 N–H and O–H groups in total. The summed E-state index contributed by atoms with van der Waals surface area (Å²) in [4.78, 5) is 21.5. The summed E-state index contributed by atoms with van der Waals surface area (Å²) in [6, 6.07) is 0. The molecule has 0 fully saturated rings. The molecule has 0 saturated carbocycles. The van der Waals surface area contributed by atoms with E-state index in [1.54, 1.807) is 12.4 Å². The number of nitrogens with one attached hydrogen (secondary N) is 2. The Morgan fingerprint density at radius 2 is 1.11 bits per heavy atom. The van der Waals surface area contributed by atoms with Gasteiger partial charge >= 0.3 is 0 Å². The highest BCUT2D eigenvalue weighted by molar-refractivity contribution is 5.80. The number of nitrogens with zero attached hydrogens (tertiary/aromatic N) is 2. The lowest BCUT2D eigenvalue weighted by atomic mass is 9.69. The molecular weight excluding hydrogens is 232 g/mol. The van der Waals surface area contributed by atoms with Crippen molar-refractivity contribution in [2.75, 3.05) is 0 Å². The van der Waals surface area contributed by atoms with Crippen LogP contribution < -0.4 is 10.9 Å². The van der Waals surface area contributed by atoms with Gasteiger partial charge in [-0.1, -0.05) is 27.7 Å². The van der Waals surface area contributed by atoms with Gasteiger partial charge in [0, 0.05) is 37.1 Å². The number of hydrogen-bond acceptors (Lipinski definition) is 4.